The Bertz CT molecular complexity index is 251. The summed E-state index contributed by atoms with van der Waals surface area (Å²) in [6.45, 7) is 1.29. The van der Waals surface area contributed by atoms with Crippen LogP contribution in [0.1, 0.15) is 19.8 Å². The zero-order chi connectivity index (χ0) is 11.8. The first kappa shape index (κ1) is 13.4. The van der Waals surface area contributed by atoms with Crippen molar-refractivity contribution in [1.29, 1.82) is 0 Å². The molecule has 0 aliphatic rings. The maximum Gasteiger partial charge on any atom is 0.328 e. The van der Waals surface area contributed by atoms with E-state index in [-0.39, 0.29) is 18.7 Å². The average Bonchev–Trinajstić information content (AvgIpc) is 2.21. The molecule has 0 unspecified atom stereocenters. The number of nitrogens with one attached hydrogen (secondary N) is 1. The fourth-order valence-corrected chi connectivity index (χ4v) is 1.00. The zero-order valence-corrected chi connectivity index (χ0v) is 9.03. The van der Waals surface area contributed by atoms with Crippen LogP contribution in [0, 0.1) is 0 Å². The van der Waals surface area contributed by atoms with E-state index in [4.69, 9.17) is 0 Å². The van der Waals surface area contributed by atoms with Crippen molar-refractivity contribution in [2.75, 3.05) is 14.2 Å². The maximum atomic E-state index is 11.2. The molecule has 0 saturated heterocycles. The third-order valence-electron chi connectivity index (χ3n) is 1.73. The Hall–Kier alpha value is -1.59. The van der Waals surface area contributed by atoms with Crippen molar-refractivity contribution < 1.29 is 23.9 Å². The van der Waals surface area contributed by atoms with Gasteiger partial charge < -0.3 is 14.8 Å². The third-order valence-corrected chi connectivity index (χ3v) is 1.73. The lowest BCUT2D eigenvalue weighted by Gasteiger charge is -2.14. The quantitative estimate of drug-likeness (QED) is 0.635. The number of carbonyl (C=O) groups excluding carboxylic acids is 3. The minimum absolute atomic E-state index is 0.0521. The van der Waals surface area contributed by atoms with E-state index in [0.29, 0.717) is 0 Å². The van der Waals surface area contributed by atoms with E-state index in [1.165, 1.54) is 21.1 Å². The molecule has 0 aromatic rings. The van der Waals surface area contributed by atoms with E-state index in [1.807, 2.05) is 0 Å². The van der Waals surface area contributed by atoms with Gasteiger partial charge in [0.2, 0.25) is 5.91 Å². The van der Waals surface area contributed by atoms with Crippen molar-refractivity contribution in [3.63, 3.8) is 0 Å². The summed E-state index contributed by atoms with van der Waals surface area (Å²) in [6, 6.07) is -0.799. The van der Waals surface area contributed by atoms with E-state index in [2.05, 4.69) is 14.8 Å². The van der Waals surface area contributed by atoms with Gasteiger partial charge in [-0.3, -0.25) is 9.59 Å². The van der Waals surface area contributed by atoms with Crippen LogP contribution in [0.5, 0.6) is 0 Å². The van der Waals surface area contributed by atoms with Crippen molar-refractivity contribution in [3.05, 3.63) is 0 Å². The highest BCUT2D eigenvalue weighted by molar-refractivity contribution is 5.83. The van der Waals surface area contributed by atoms with Crippen molar-refractivity contribution in [1.82, 2.24) is 5.32 Å². The van der Waals surface area contributed by atoms with Crippen LogP contribution in [0.15, 0.2) is 0 Å². The molecule has 1 amide bonds. The molecular weight excluding hydrogens is 202 g/mol. The van der Waals surface area contributed by atoms with E-state index in [0.717, 1.165) is 0 Å². The first-order chi connectivity index (χ1) is 7.01. The van der Waals surface area contributed by atoms with E-state index < -0.39 is 18.0 Å². The molecule has 0 fully saturated rings. The molecule has 0 spiro atoms. The molecule has 15 heavy (non-hydrogen) atoms. The van der Waals surface area contributed by atoms with Crippen LogP contribution in [0.2, 0.25) is 0 Å². The highest BCUT2D eigenvalue weighted by atomic mass is 16.5. The summed E-state index contributed by atoms with van der Waals surface area (Å²) in [5, 5.41) is 2.39. The summed E-state index contributed by atoms with van der Waals surface area (Å²) in [7, 11) is 2.48. The Labute approximate surface area is 87.9 Å². The Morgan fingerprint density at radius 2 is 1.80 bits per heavy atom. The van der Waals surface area contributed by atoms with Gasteiger partial charge in [-0.05, 0) is 6.42 Å². The van der Waals surface area contributed by atoms with Gasteiger partial charge in [0.15, 0.2) is 0 Å². The second kappa shape index (κ2) is 6.80. The predicted octanol–water partition coefficient (Wildman–Crippen LogP) is -0.383. The summed E-state index contributed by atoms with van der Waals surface area (Å²) in [5.41, 5.74) is 0. The van der Waals surface area contributed by atoms with E-state index in [1.54, 1.807) is 0 Å². The monoisotopic (exact) mass is 217 g/mol. The first-order valence-corrected chi connectivity index (χ1v) is 4.43. The number of amides is 1. The summed E-state index contributed by atoms with van der Waals surface area (Å²) >= 11 is 0. The molecule has 86 valence electrons. The van der Waals surface area contributed by atoms with Gasteiger partial charge in [-0.25, -0.2) is 4.79 Å². The molecule has 1 N–H and O–H groups in total. The van der Waals surface area contributed by atoms with Crippen LogP contribution in [-0.4, -0.2) is 38.1 Å². The summed E-state index contributed by atoms with van der Waals surface area (Å²) in [5.74, 6) is -1.36. The second-order valence-corrected chi connectivity index (χ2v) is 2.89. The van der Waals surface area contributed by atoms with Gasteiger partial charge in [0.25, 0.3) is 0 Å². The minimum atomic E-state index is -0.799. The number of carbonyl (C=O) groups is 3. The van der Waals surface area contributed by atoms with Crippen LogP contribution in [0.3, 0.4) is 0 Å². The third kappa shape index (κ3) is 5.66. The van der Waals surface area contributed by atoms with Crippen molar-refractivity contribution in [3.8, 4) is 0 Å². The molecule has 0 heterocycles. The van der Waals surface area contributed by atoms with Crippen molar-refractivity contribution in [2.45, 2.75) is 25.8 Å². The normalized spacial score (nSPS) is 11.4. The number of esters is 2. The average molecular weight is 217 g/mol. The van der Waals surface area contributed by atoms with Crippen LogP contribution in [0.4, 0.5) is 0 Å². The zero-order valence-electron chi connectivity index (χ0n) is 9.03. The Morgan fingerprint density at radius 3 is 2.20 bits per heavy atom. The van der Waals surface area contributed by atoms with Gasteiger partial charge in [0.05, 0.1) is 14.2 Å². The Balaban J connectivity index is 4.18. The summed E-state index contributed by atoms with van der Waals surface area (Å²) in [6.07, 6.45) is 0.218. The molecule has 0 aromatic carbocycles. The standard InChI is InChI=1S/C9H15NO5/c1-6(11)10-7(9(13)15-3)4-5-8(12)14-2/h7H,4-5H2,1-3H3,(H,10,11)/t7-/m1/s1. The highest BCUT2D eigenvalue weighted by Crippen LogP contribution is 2.01. The smallest absolute Gasteiger partial charge is 0.328 e. The fraction of sp³-hybridized carbons (Fsp3) is 0.667. The number of methoxy groups -OCH3 is 2. The Kier molecular flexibility index (Phi) is 6.08. The lowest BCUT2D eigenvalue weighted by atomic mass is 10.1. The fourth-order valence-electron chi connectivity index (χ4n) is 1.00. The Morgan fingerprint density at radius 1 is 1.20 bits per heavy atom. The van der Waals surface area contributed by atoms with Crippen LogP contribution in [0.25, 0.3) is 0 Å². The summed E-state index contributed by atoms with van der Waals surface area (Å²) in [4.78, 5) is 32.7. The molecule has 1 atom stereocenters. The maximum absolute atomic E-state index is 11.2. The minimum Gasteiger partial charge on any atom is -0.469 e. The highest BCUT2D eigenvalue weighted by Gasteiger charge is 2.21. The molecule has 0 aliphatic heterocycles. The van der Waals surface area contributed by atoms with Crippen LogP contribution in [-0.2, 0) is 23.9 Å². The van der Waals surface area contributed by atoms with Crippen LogP contribution >= 0.6 is 0 Å². The number of hydrogen-bond donors (Lipinski definition) is 1. The molecule has 6 heteroatoms. The van der Waals surface area contributed by atoms with Crippen LogP contribution < -0.4 is 5.32 Å². The van der Waals surface area contributed by atoms with Gasteiger partial charge >= 0.3 is 11.9 Å². The molecule has 0 radical (unpaired) electrons. The number of ether oxygens (including phenoxy) is 2. The van der Waals surface area contributed by atoms with Gasteiger partial charge in [0, 0.05) is 13.3 Å². The number of hydrogen-bond acceptors (Lipinski definition) is 5. The van der Waals surface area contributed by atoms with Crippen molar-refractivity contribution >= 4 is 17.8 Å². The van der Waals surface area contributed by atoms with Crippen molar-refractivity contribution in [2.24, 2.45) is 0 Å². The summed E-state index contributed by atoms with van der Waals surface area (Å²) < 4.78 is 8.89. The number of rotatable bonds is 5. The first-order valence-electron chi connectivity index (χ1n) is 4.43. The van der Waals surface area contributed by atoms with E-state index in [9.17, 15) is 14.4 Å². The SMILES string of the molecule is COC(=O)CC[C@@H](NC(C)=O)C(=O)OC. The van der Waals surface area contributed by atoms with Gasteiger partial charge in [-0.2, -0.15) is 0 Å². The lowest BCUT2D eigenvalue weighted by molar-refractivity contribution is -0.146. The molecule has 0 aliphatic carbocycles. The molecular formula is C9H15NO5. The molecule has 0 saturated carbocycles. The van der Waals surface area contributed by atoms with E-state index >= 15 is 0 Å². The van der Waals surface area contributed by atoms with Gasteiger partial charge in [0.1, 0.15) is 6.04 Å². The van der Waals surface area contributed by atoms with Gasteiger partial charge in [-0.15, -0.1) is 0 Å². The predicted molar refractivity (Wildman–Crippen MR) is 50.9 cm³/mol. The van der Waals surface area contributed by atoms with Gasteiger partial charge in [-0.1, -0.05) is 0 Å². The molecule has 0 rings (SSSR count). The topological polar surface area (TPSA) is 81.7 Å². The lowest BCUT2D eigenvalue weighted by Crippen LogP contribution is -2.40. The largest absolute Gasteiger partial charge is 0.469 e. The molecule has 0 bridgehead atoms. The molecule has 0 aromatic heterocycles. The molecule has 6 nitrogen and oxygen atoms in total. The second-order valence-electron chi connectivity index (χ2n) is 2.89.